The van der Waals surface area contributed by atoms with Gasteiger partial charge in [0.05, 0.1) is 5.56 Å². The van der Waals surface area contributed by atoms with Crippen LogP contribution in [0.4, 0.5) is 0 Å². The van der Waals surface area contributed by atoms with E-state index < -0.39 is 5.97 Å². The molecule has 2 heterocycles. The monoisotopic (exact) mass is 300 g/mol. The van der Waals surface area contributed by atoms with E-state index in [0.717, 1.165) is 17.4 Å². The van der Waals surface area contributed by atoms with Gasteiger partial charge in [-0.25, -0.2) is 4.79 Å². The maximum absolute atomic E-state index is 11.2. The number of carboxylic acids is 1. The van der Waals surface area contributed by atoms with Crippen LogP contribution in [-0.2, 0) is 6.54 Å². The Balaban J connectivity index is 2.00. The SMILES string of the molecule is CC(C)n1c(CN2CCCCC2)cc2cc(C(=O)O)ccc21. The third-order valence-electron chi connectivity index (χ3n) is 4.52. The molecule has 1 aromatic heterocycles. The summed E-state index contributed by atoms with van der Waals surface area (Å²) in [6.07, 6.45) is 3.90. The van der Waals surface area contributed by atoms with Crippen molar-refractivity contribution in [1.29, 1.82) is 0 Å². The lowest BCUT2D eigenvalue weighted by Gasteiger charge is -2.27. The van der Waals surface area contributed by atoms with E-state index in [4.69, 9.17) is 0 Å². The molecule has 2 aromatic rings. The van der Waals surface area contributed by atoms with Crippen molar-refractivity contribution in [1.82, 2.24) is 9.47 Å². The fourth-order valence-electron chi connectivity index (χ4n) is 3.50. The summed E-state index contributed by atoms with van der Waals surface area (Å²) in [4.78, 5) is 13.7. The Labute approximate surface area is 131 Å². The molecule has 3 rings (SSSR count). The number of carboxylic acid groups (broad SMARTS) is 1. The molecule has 1 saturated heterocycles. The van der Waals surface area contributed by atoms with Crippen LogP contribution in [0.15, 0.2) is 24.3 Å². The number of aromatic carboxylic acids is 1. The molecule has 0 bridgehead atoms. The van der Waals surface area contributed by atoms with Crippen molar-refractivity contribution < 1.29 is 9.90 Å². The van der Waals surface area contributed by atoms with Crippen molar-refractivity contribution >= 4 is 16.9 Å². The predicted molar refractivity (Wildman–Crippen MR) is 88.4 cm³/mol. The van der Waals surface area contributed by atoms with Crippen LogP contribution in [0.3, 0.4) is 0 Å². The van der Waals surface area contributed by atoms with Gasteiger partial charge < -0.3 is 9.67 Å². The van der Waals surface area contributed by atoms with Gasteiger partial charge in [0.15, 0.2) is 0 Å². The summed E-state index contributed by atoms with van der Waals surface area (Å²) in [6, 6.07) is 7.97. The fourth-order valence-corrected chi connectivity index (χ4v) is 3.50. The normalized spacial score (nSPS) is 16.5. The molecule has 0 atom stereocenters. The Bertz CT molecular complexity index is 682. The fraction of sp³-hybridized carbons (Fsp3) is 0.500. The number of rotatable bonds is 4. The molecule has 4 nitrogen and oxygen atoms in total. The van der Waals surface area contributed by atoms with Gasteiger partial charge in [-0.2, -0.15) is 0 Å². The Morgan fingerprint density at radius 3 is 2.55 bits per heavy atom. The molecule has 0 spiro atoms. The van der Waals surface area contributed by atoms with Crippen molar-refractivity contribution in [3.8, 4) is 0 Å². The molecule has 22 heavy (non-hydrogen) atoms. The summed E-state index contributed by atoms with van der Waals surface area (Å²) in [5, 5.41) is 10.2. The molecule has 1 fully saturated rings. The standard InChI is InChI=1S/C18H24N2O2/c1-13(2)20-16(12-19-8-4-3-5-9-19)11-15-10-14(18(21)22)6-7-17(15)20/h6-7,10-11,13H,3-5,8-9,12H2,1-2H3,(H,21,22). The van der Waals surface area contributed by atoms with Gasteiger partial charge in [-0.05, 0) is 64.0 Å². The van der Waals surface area contributed by atoms with Gasteiger partial charge in [0.2, 0.25) is 0 Å². The first-order valence-corrected chi connectivity index (χ1v) is 8.16. The third-order valence-corrected chi connectivity index (χ3v) is 4.52. The molecule has 0 saturated carbocycles. The molecule has 0 radical (unpaired) electrons. The van der Waals surface area contributed by atoms with Gasteiger partial charge in [-0.15, -0.1) is 0 Å². The summed E-state index contributed by atoms with van der Waals surface area (Å²) in [5.41, 5.74) is 2.78. The number of fused-ring (bicyclic) bond motifs is 1. The lowest BCUT2D eigenvalue weighted by atomic mass is 10.1. The molecule has 1 aliphatic rings. The van der Waals surface area contributed by atoms with E-state index in [-0.39, 0.29) is 0 Å². The first-order chi connectivity index (χ1) is 10.6. The van der Waals surface area contributed by atoms with E-state index >= 15 is 0 Å². The Morgan fingerprint density at radius 1 is 1.18 bits per heavy atom. The predicted octanol–water partition coefficient (Wildman–Crippen LogP) is 3.91. The highest BCUT2D eigenvalue weighted by Crippen LogP contribution is 2.27. The van der Waals surface area contributed by atoms with Gasteiger partial charge in [0.25, 0.3) is 0 Å². The Hall–Kier alpha value is -1.81. The van der Waals surface area contributed by atoms with E-state index in [9.17, 15) is 9.90 Å². The first-order valence-electron chi connectivity index (χ1n) is 8.16. The van der Waals surface area contributed by atoms with E-state index in [0.29, 0.717) is 11.6 Å². The molecule has 0 aliphatic carbocycles. The zero-order chi connectivity index (χ0) is 15.7. The van der Waals surface area contributed by atoms with Crippen molar-refractivity contribution in [3.05, 3.63) is 35.5 Å². The number of hydrogen-bond donors (Lipinski definition) is 1. The quantitative estimate of drug-likeness (QED) is 0.931. The second kappa shape index (κ2) is 6.13. The largest absolute Gasteiger partial charge is 0.478 e. The number of likely N-dealkylation sites (tertiary alicyclic amines) is 1. The lowest BCUT2D eigenvalue weighted by molar-refractivity contribution is 0.0697. The average molecular weight is 300 g/mol. The van der Waals surface area contributed by atoms with E-state index in [2.05, 4.69) is 29.4 Å². The second-order valence-electron chi connectivity index (χ2n) is 6.51. The number of piperidine rings is 1. The number of nitrogens with zero attached hydrogens (tertiary/aromatic N) is 2. The van der Waals surface area contributed by atoms with Crippen molar-refractivity contribution in [3.63, 3.8) is 0 Å². The number of carbonyl (C=O) groups is 1. The average Bonchev–Trinajstić information content (AvgIpc) is 2.85. The molecular weight excluding hydrogens is 276 g/mol. The smallest absolute Gasteiger partial charge is 0.335 e. The van der Waals surface area contributed by atoms with Crippen LogP contribution in [0.5, 0.6) is 0 Å². The van der Waals surface area contributed by atoms with Crippen LogP contribution in [0.25, 0.3) is 10.9 Å². The number of hydrogen-bond acceptors (Lipinski definition) is 2. The molecule has 118 valence electrons. The molecule has 4 heteroatoms. The summed E-state index contributed by atoms with van der Waals surface area (Å²) in [7, 11) is 0. The van der Waals surface area contributed by atoms with Crippen LogP contribution in [0, 0.1) is 0 Å². The highest BCUT2D eigenvalue weighted by atomic mass is 16.4. The van der Waals surface area contributed by atoms with E-state index in [1.54, 1.807) is 12.1 Å². The molecular formula is C18H24N2O2. The summed E-state index contributed by atoms with van der Waals surface area (Å²) < 4.78 is 2.34. The zero-order valence-corrected chi connectivity index (χ0v) is 13.4. The lowest BCUT2D eigenvalue weighted by Crippen LogP contribution is -2.30. The van der Waals surface area contributed by atoms with Crippen LogP contribution in [-0.4, -0.2) is 33.6 Å². The summed E-state index contributed by atoms with van der Waals surface area (Å²) >= 11 is 0. The topological polar surface area (TPSA) is 45.5 Å². The minimum atomic E-state index is -0.864. The van der Waals surface area contributed by atoms with E-state index in [1.165, 1.54) is 38.0 Å². The molecule has 1 aromatic carbocycles. The third kappa shape index (κ3) is 2.88. The second-order valence-corrected chi connectivity index (χ2v) is 6.51. The number of benzene rings is 1. The summed E-state index contributed by atoms with van der Waals surface area (Å²) in [5.74, 6) is -0.864. The van der Waals surface area contributed by atoms with Crippen LogP contribution in [0.2, 0.25) is 0 Å². The minimum absolute atomic E-state index is 0.359. The van der Waals surface area contributed by atoms with Gasteiger partial charge in [0, 0.05) is 29.2 Å². The van der Waals surface area contributed by atoms with Crippen molar-refractivity contribution in [2.75, 3.05) is 13.1 Å². The van der Waals surface area contributed by atoms with Crippen molar-refractivity contribution in [2.24, 2.45) is 0 Å². The molecule has 1 N–H and O–H groups in total. The molecule has 0 amide bonds. The maximum Gasteiger partial charge on any atom is 0.335 e. The Kier molecular flexibility index (Phi) is 4.21. The zero-order valence-electron chi connectivity index (χ0n) is 13.4. The maximum atomic E-state index is 11.2. The van der Waals surface area contributed by atoms with Crippen LogP contribution in [0.1, 0.15) is 55.2 Å². The van der Waals surface area contributed by atoms with Crippen LogP contribution >= 0.6 is 0 Å². The van der Waals surface area contributed by atoms with Gasteiger partial charge in [0.1, 0.15) is 0 Å². The first kappa shape index (κ1) is 15.1. The van der Waals surface area contributed by atoms with Gasteiger partial charge >= 0.3 is 5.97 Å². The van der Waals surface area contributed by atoms with Crippen molar-refractivity contribution in [2.45, 2.75) is 45.7 Å². The van der Waals surface area contributed by atoms with Gasteiger partial charge in [-0.3, -0.25) is 4.90 Å². The van der Waals surface area contributed by atoms with Crippen LogP contribution < -0.4 is 0 Å². The van der Waals surface area contributed by atoms with Gasteiger partial charge in [-0.1, -0.05) is 6.42 Å². The molecule has 1 aliphatic heterocycles. The highest BCUT2D eigenvalue weighted by molar-refractivity contribution is 5.94. The van der Waals surface area contributed by atoms with E-state index in [1.807, 2.05) is 6.07 Å². The number of aromatic nitrogens is 1. The minimum Gasteiger partial charge on any atom is -0.478 e. The highest BCUT2D eigenvalue weighted by Gasteiger charge is 2.17. The Morgan fingerprint density at radius 2 is 1.91 bits per heavy atom. The molecule has 0 unspecified atom stereocenters. The summed E-state index contributed by atoms with van der Waals surface area (Å²) in [6.45, 7) is 7.66.